The highest BCUT2D eigenvalue weighted by Gasteiger charge is 2.17. The Morgan fingerprint density at radius 1 is 0.500 bits per heavy atom. The summed E-state index contributed by atoms with van der Waals surface area (Å²) in [7, 11) is 0. The Kier molecular flexibility index (Phi) is 2.90. The van der Waals surface area contributed by atoms with E-state index in [1.54, 1.807) is 49.1 Å². The van der Waals surface area contributed by atoms with Gasteiger partial charge in [-0.3, -0.25) is 9.97 Å². The fourth-order valence-corrected chi connectivity index (χ4v) is 1.84. The summed E-state index contributed by atoms with van der Waals surface area (Å²) in [6.45, 7) is 0. The highest BCUT2D eigenvalue weighted by Crippen LogP contribution is 2.25. The Bertz CT molecular complexity index is 812. The lowest BCUT2D eigenvalue weighted by molar-refractivity contribution is 0.522. The number of rotatable bonds is 3. The predicted molar refractivity (Wildman–Crippen MR) is 74.1 cm³/mol. The van der Waals surface area contributed by atoms with Crippen molar-refractivity contribution in [3.05, 3.63) is 49.1 Å². The molecule has 8 heteroatoms. The van der Waals surface area contributed by atoms with Crippen LogP contribution >= 0.6 is 0 Å². The molecule has 0 unspecified atom stereocenters. The fraction of sp³-hybridized carbons (Fsp3) is 0. The third kappa shape index (κ3) is 2.22. The van der Waals surface area contributed by atoms with Gasteiger partial charge in [0.2, 0.25) is 11.8 Å². The van der Waals surface area contributed by atoms with Gasteiger partial charge in [0.1, 0.15) is 0 Å². The van der Waals surface area contributed by atoms with Crippen molar-refractivity contribution in [2.45, 2.75) is 0 Å². The van der Waals surface area contributed by atoms with Crippen LogP contribution < -0.4 is 0 Å². The van der Waals surface area contributed by atoms with Gasteiger partial charge in [0.15, 0.2) is 0 Å². The minimum atomic E-state index is 0.166. The lowest BCUT2D eigenvalue weighted by Gasteiger charge is -1.91. The van der Waals surface area contributed by atoms with Crippen molar-refractivity contribution in [2.24, 2.45) is 0 Å². The third-order valence-electron chi connectivity index (χ3n) is 2.89. The van der Waals surface area contributed by atoms with E-state index in [9.17, 15) is 0 Å². The molecule has 0 N–H and O–H groups in total. The van der Waals surface area contributed by atoms with Crippen LogP contribution in [0.15, 0.2) is 57.9 Å². The number of nitrogens with zero attached hydrogens (tertiary/aromatic N) is 6. The number of hydrogen-bond acceptors (Lipinski definition) is 8. The molecule has 0 aliphatic carbocycles. The van der Waals surface area contributed by atoms with E-state index in [0.717, 1.165) is 11.1 Å². The summed E-state index contributed by atoms with van der Waals surface area (Å²) in [5.74, 6) is 1.06. The number of aromatic nitrogens is 6. The first-order valence-electron chi connectivity index (χ1n) is 6.38. The van der Waals surface area contributed by atoms with Crippen molar-refractivity contribution < 1.29 is 8.83 Å². The van der Waals surface area contributed by atoms with Gasteiger partial charge in [-0.15, -0.1) is 20.4 Å². The summed E-state index contributed by atoms with van der Waals surface area (Å²) in [4.78, 5) is 7.87. The summed E-state index contributed by atoms with van der Waals surface area (Å²) in [6.07, 6.45) is 6.59. The van der Waals surface area contributed by atoms with Crippen molar-refractivity contribution in [3.8, 4) is 34.7 Å². The number of hydrogen-bond donors (Lipinski definition) is 0. The van der Waals surface area contributed by atoms with Gasteiger partial charge in [-0.05, 0) is 24.3 Å². The first-order chi connectivity index (χ1) is 10.9. The molecule has 0 aromatic carbocycles. The monoisotopic (exact) mass is 292 g/mol. The largest absolute Gasteiger partial charge is 0.412 e. The third-order valence-corrected chi connectivity index (χ3v) is 2.89. The molecule has 0 aliphatic rings. The van der Waals surface area contributed by atoms with Gasteiger partial charge < -0.3 is 8.83 Å². The van der Waals surface area contributed by atoms with E-state index < -0.39 is 0 Å². The van der Waals surface area contributed by atoms with Gasteiger partial charge in [-0.1, -0.05) is 0 Å². The van der Waals surface area contributed by atoms with Crippen LogP contribution in [0.2, 0.25) is 0 Å². The molecule has 4 rings (SSSR count). The van der Waals surface area contributed by atoms with E-state index in [-0.39, 0.29) is 11.8 Å². The Morgan fingerprint density at radius 2 is 0.864 bits per heavy atom. The van der Waals surface area contributed by atoms with Crippen LogP contribution in [-0.2, 0) is 0 Å². The van der Waals surface area contributed by atoms with Crippen molar-refractivity contribution in [1.29, 1.82) is 0 Å². The standard InChI is InChI=1S/C14H8N6O2/c1-5-15-6-2-9(1)11-17-19-13(21-11)14-20-18-12(22-14)10-3-7-16-8-4-10/h1-8H. The molecule has 0 spiro atoms. The summed E-state index contributed by atoms with van der Waals surface area (Å²) in [5.41, 5.74) is 1.53. The maximum atomic E-state index is 5.55. The maximum absolute atomic E-state index is 5.55. The van der Waals surface area contributed by atoms with E-state index >= 15 is 0 Å². The van der Waals surface area contributed by atoms with Gasteiger partial charge in [-0.2, -0.15) is 0 Å². The van der Waals surface area contributed by atoms with Crippen LogP contribution in [0.4, 0.5) is 0 Å². The molecule has 22 heavy (non-hydrogen) atoms. The van der Waals surface area contributed by atoms with E-state index in [1.807, 2.05) is 0 Å². The predicted octanol–water partition coefficient (Wildman–Crippen LogP) is 2.24. The molecule has 0 saturated heterocycles. The van der Waals surface area contributed by atoms with E-state index in [0.29, 0.717) is 11.8 Å². The van der Waals surface area contributed by atoms with E-state index in [4.69, 9.17) is 8.83 Å². The maximum Gasteiger partial charge on any atom is 0.306 e. The van der Waals surface area contributed by atoms with E-state index in [1.165, 1.54) is 0 Å². The molecule has 0 radical (unpaired) electrons. The van der Waals surface area contributed by atoms with Gasteiger partial charge >= 0.3 is 11.8 Å². The lowest BCUT2D eigenvalue weighted by Crippen LogP contribution is -1.77. The molecule has 0 fully saturated rings. The van der Waals surface area contributed by atoms with Crippen LogP contribution in [0.1, 0.15) is 0 Å². The van der Waals surface area contributed by atoms with Crippen LogP contribution in [-0.4, -0.2) is 30.4 Å². The zero-order chi connectivity index (χ0) is 14.8. The highest BCUT2D eigenvalue weighted by atomic mass is 16.4. The molecule has 0 saturated carbocycles. The minimum absolute atomic E-state index is 0.166. The van der Waals surface area contributed by atoms with Crippen molar-refractivity contribution in [3.63, 3.8) is 0 Å². The second-order valence-electron chi connectivity index (χ2n) is 4.30. The minimum Gasteiger partial charge on any atom is -0.412 e. The van der Waals surface area contributed by atoms with Crippen LogP contribution in [0.3, 0.4) is 0 Å². The fourth-order valence-electron chi connectivity index (χ4n) is 1.84. The molecule has 4 aromatic rings. The van der Waals surface area contributed by atoms with Gasteiger partial charge in [0.05, 0.1) is 0 Å². The Morgan fingerprint density at radius 3 is 1.27 bits per heavy atom. The smallest absolute Gasteiger partial charge is 0.306 e. The topological polar surface area (TPSA) is 104 Å². The van der Waals surface area contributed by atoms with Gasteiger partial charge in [0.25, 0.3) is 0 Å². The zero-order valence-corrected chi connectivity index (χ0v) is 11.1. The molecule has 0 amide bonds. The summed E-state index contributed by atoms with van der Waals surface area (Å²) >= 11 is 0. The highest BCUT2D eigenvalue weighted by molar-refractivity contribution is 5.55. The van der Waals surface area contributed by atoms with Gasteiger partial charge in [0, 0.05) is 35.9 Å². The van der Waals surface area contributed by atoms with Gasteiger partial charge in [-0.25, -0.2) is 0 Å². The van der Waals surface area contributed by atoms with Crippen molar-refractivity contribution >= 4 is 0 Å². The SMILES string of the molecule is c1cc(-c2nnc(-c3nnc(-c4ccncc4)o3)o2)ccn1. The van der Waals surface area contributed by atoms with Crippen LogP contribution in [0.5, 0.6) is 0 Å². The number of pyridine rings is 2. The Labute approximate surface area is 123 Å². The van der Waals surface area contributed by atoms with Crippen LogP contribution in [0, 0.1) is 0 Å². The first-order valence-corrected chi connectivity index (χ1v) is 6.38. The summed E-state index contributed by atoms with van der Waals surface area (Å²) in [6, 6.07) is 7.09. The zero-order valence-electron chi connectivity index (χ0n) is 11.1. The molecular weight excluding hydrogens is 284 g/mol. The molecule has 0 atom stereocenters. The average Bonchev–Trinajstić information content (AvgIpc) is 3.26. The molecular formula is C14H8N6O2. The molecule has 4 heterocycles. The molecule has 4 aromatic heterocycles. The van der Waals surface area contributed by atoms with Crippen molar-refractivity contribution in [1.82, 2.24) is 30.4 Å². The average molecular weight is 292 g/mol. The quantitative estimate of drug-likeness (QED) is 0.566. The molecule has 106 valence electrons. The van der Waals surface area contributed by atoms with Crippen LogP contribution in [0.25, 0.3) is 34.7 Å². The lowest BCUT2D eigenvalue weighted by atomic mass is 10.3. The Hall–Kier alpha value is -3.42. The summed E-state index contributed by atoms with van der Waals surface area (Å²) < 4.78 is 11.1. The molecule has 0 aliphatic heterocycles. The molecule has 0 bridgehead atoms. The summed E-state index contributed by atoms with van der Waals surface area (Å²) in [5, 5.41) is 15.8. The second-order valence-corrected chi connectivity index (χ2v) is 4.30. The second kappa shape index (κ2) is 5.17. The Balaban J connectivity index is 1.66. The van der Waals surface area contributed by atoms with Crippen molar-refractivity contribution in [2.75, 3.05) is 0 Å². The van der Waals surface area contributed by atoms with E-state index in [2.05, 4.69) is 30.4 Å². The molecule has 8 nitrogen and oxygen atoms in total. The normalized spacial score (nSPS) is 10.7. The first kappa shape index (κ1) is 12.3.